The Balaban J connectivity index is 1.88. The van der Waals surface area contributed by atoms with E-state index in [1.165, 1.54) is 12.4 Å². The third kappa shape index (κ3) is 2.50. The number of rotatable bonds is 4. The zero-order chi connectivity index (χ0) is 11.5. The predicted molar refractivity (Wildman–Crippen MR) is 54.9 cm³/mol. The van der Waals surface area contributed by atoms with Gasteiger partial charge in [-0.25, -0.2) is 9.59 Å². The largest absolute Gasteiger partial charge is 0.480 e. The molecule has 2 amide bonds. The van der Waals surface area contributed by atoms with Gasteiger partial charge in [0.1, 0.15) is 6.04 Å². The van der Waals surface area contributed by atoms with Crippen LogP contribution in [0.3, 0.4) is 0 Å². The smallest absolute Gasteiger partial charge is 0.326 e. The van der Waals surface area contributed by atoms with Gasteiger partial charge in [-0.2, -0.15) is 5.10 Å². The summed E-state index contributed by atoms with van der Waals surface area (Å²) in [5.41, 5.74) is 0.498. The first-order valence-electron chi connectivity index (χ1n) is 4.96. The minimum atomic E-state index is -0.996. The van der Waals surface area contributed by atoms with Crippen molar-refractivity contribution >= 4 is 17.7 Å². The number of carbonyl (C=O) groups is 2. The number of carboxylic acid groups (broad SMARTS) is 1. The molecule has 7 heteroatoms. The second-order valence-electron chi connectivity index (χ2n) is 3.74. The fourth-order valence-electron chi connectivity index (χ4n) is 1.44. The first kappa shape index (κ1) is 10.5. The van der Waals surface area contributed by atoms with Crippen molar-refractivity contribution in [3.05, 3.63) is 12.4 Å². The Labute approximate surface area is 91.2 Å². The second kappa shape index (κ2) is 4.21. The van der Waals surface area contributed by atoms with Crippen LogP contribution in [0.2, 0.25) is 0 Å². The van der Waals surface area contributed by atoms with Crippen molar-refractivity contribution < 1.29 is 14.7 Å². The minimum absolute atomic E-state index is 0.0626. The number of aromatic nitrogens is 2. The maximum Gasteiger partial charge on any atom is 0.326 e. The summed E-state index contributed by atoms with van der Waals surface area (Å²) in [6.07, 6.45) is 4.64. The molecule has 0 aliphatic heterocycles. The molecular weight excluding hydrogens is 212 g/mol. The molecule has 1 aliphatic rings. The zero-order valence-corrected chi connectivity index (χ0v) is 8.43. The lowest BCUT2D eigenvalue weighted by Crippen LogP contribution is -2.44. The molecule has 0 aromatic carbocycles. The van der Waals surface area contributed by atoms with Gasteiger partial charge in [-0.15, -0.1) is 0 Å². The number of carboxylic acids is 1. The number of urea groups is 1. The molecule has 16 heavy (non-hydrogen) atoms. The fraction of sp³-hybridized carbons (Fsp3) is 0.444. The van der Waals surface area contributed by atoms with Gasteiger partial charge in [0.15, 0.2) is 0 Å². The van der Waals surface area contributed by atoms with Crippen molar-refractivity contribution in [3.8, 4) is 0 Å². The number of nitrogens with zero attached hydrogens (tertiary/aromatic N) is 1. The summed E-state index contributed by atoms with van der Waals surface area (Å²) in [5.74, 6) is -0.933. The van der Waals surface area contributed by atoms with E-state index in [9.17, 15) is 9.59 Å². The van der Waals surface area contributed by atoms with Crippen LogP contribution >= 0.6 is 0 Å². The summed E-state index contributed by atoms with van der Waals surface area (Å²) in [4.78, 5) is 22.3. The highest BCUT2D eigenvalue weighted by Gasteiger charge is 2.37. The molecule has 1 fully saturated rings. The molecule has 0 bridgehead atoms. The van der Waals surface area contributed by atoms with E-state index in [0.717, 1.165) is 12.8 Å². The van der Waals surface area contributed by atoms with Crippen molar-refractivity contribution in [2.24, 2.45) is 5.92 Å². The number of H-pyrrole nitrogens is 1. The van der Waals surface area contributed by atoms with E-state index in [-0.39, 0.29) is 5.92 Å². The van der Waals surface area contributed by atoms with Crippen molar-refractivity contribution in [2.75, 3.05) is 5.32 Å². The highest BCUT2D eigenvalue weighted by Crippen LogP contribution is 2.32. The summed E-state index contributed by atoms with van der Waals surface area (Å²) in [7, 11) is 0. The first-order valence-corrected chi connectivity index (χ1v) is 4.96. The molecule has 0 saturated heterocycles. The van der Waals surface area contributed by atoms with E-state index < -0.39 is 18.0 Å². The molecule has 1 unspecified atom stereocenters. The van der Waals surface area contributed by atoms with Crippen LogP contribution in [-0.2, 0) is 4.79 Å². The summed E-state index contributed by atoms with van der Waals surface area (Å²) in [5, 5.41) is 20.0. The highest BCUT2D eigenvalue weighted by atomic mass is 16.4. The summed E-state index contributed by atoms with van der Waals surface area (Å²) >= 11 is 0. The molecule has 1 aromatic heterocycles. The van der Waals surface area contributed by atoms with Gasteiger partial charge in [0.2, 0.25) is 0 Å². The average Bonchev–Trinajstić information content (AvgIpc) is 2.94. The number of aliphatic carboxylic acids is 1. The van der Waals surface area contributed by atoms with E-state index in [1.54, 1.807) is 0 Å². The lowest BCUT2D eigenvalue weighted by atomic mass is 10.2. The molecule has 0 radical (unpaired) electrons. The minimum Gasteiger partial charge on any atom is -0.480 e. The van der Waals surface area contributed by atoms with E-state index in [2.05, 4.69) is 20.8 Å². The lowest BCUT2D eigenvalue weighted by Gasteiger charge is -2.13. The molecule has 0 spiro atoms. The maximum atomic E-state index is 11.4. The van der Waals surface area contributed by atoms with Gasteiger partial charge < -0.3 is 15.7 Å². The Morgan fingerprint density at radius 1 is 1.56 bits per heavy atom. The average molecular weight is 224 g/mol. The van der Waals surface area contributed by atoms with Gasteiger partial charge in [-0.3, -0.25) is 5.10 Å². The topological polar surface area (TPSA) is 107 Å². The van der Waals surface area contributed by atoms with Gasteiger partial charge >= 0.3 is 12.0 Å². The fourth-order valence-corrected chi connectivity index (χ4v) is 1.44. The molecule has 1 heterocycles. The standard InChI is InChI=1S/C9H12N4O3/c14-8(15)7(5-1-2-5)13-9(16)12-6-3-10-11-4-6/h3-5,7H,1-2H2,(H,10,11)(H,14,15)(H2,12,13,16). The van der Waals surface area contributed by atoms with Gasteiger partial charge in [0, 0.05) is 6.20 Å². The Kier molecular flexibility index (Phi) is 2.76. The maximum absolute atomic E-state index is 11.4. The van der Waals surface area contributed by atoms with Crippen LogP contribution in [0.4, 0.5) is 10.5 Å². The lowest BCUT2D eigenvalue weighted by molar-refractivity contribution is -0.139. The Hall–Kier alpha value is -2.05. The predicted octanol–water partition coefficient (Wildman–Crippen LogP) is 0.394. The number of amides is 2. The number of anilines is 1. The first-order chi connectivity index (χ1) is 7.66. The number of hydrogen-bond acceptors (Lipinski definition) is 3. The van der Waals surface area contributed by atoms with Gasteiger partial charge in [-0.05, 0) is 18.8 Å². The van der Waals surface area contributed by atoms with Crippen LogP contribution in [0, 0.1) is 5.92 Å². The van der Waals surface area contributed by atoms with Gasteiger partial charge in [0.25, 0.3) is 0 Å². The SMILES string of the molecule is O=C(Nc1cn[nH]c1)NC(C(=O)O)C1CC1. The number of carbonyl (C=O) groups excluding carboxylic acids is 1. The van der Waals surface area contributed by atoms with Crippen LogP contribution in [-0.4, -0.2) is 33.3 Å². The van der Waals surface area contributed by atoms with Gasteiger partial charge in [-0.1, -0.05) is 0 Å². The summed E-state index contributed by atoms with van der Waals surface area (Å²) in [6.45, 7) is 0. The van der Waals surface area contributed by atoms with E-state index >= 15 is 0 Å². The Bertz CT molecular complexity index is 385. The monoisotopic (exact) mass is 224 g/mol. The van der Waals surface area contributed by atoms with E-state index in [0.29, 0.717) is 5.69 Å². The second-order valence-corrected chi connectivity index (χ2v) is 3.74. The molecule has 7 nitrogen and oxygen atoms in total. The van der Waals surface area contributed by atoms with Crippen LogP contribution in [0.1, 0.15) is 12.8 Å². The molecule has 1 aromatic rings. The summed E-state index contributed by atoms with van der Waals surface area (Å²) in [6, 6.07) is -1.33. The molecule has 2 rings (SSSR count). The highest BCUT2D eigenvalue weighted by molar-refractivity contribution is 5.92. The number of nitrogens with one attached hydrogen (secondary N) is 3. The molecule has 1 atom stereocenters. The summed E-state index contributed by atoms with van der Waals surface area (Å²) < 4.78 is 0. The molecule has 86 valence electrons. The van der Waals surface area contributed by atoms with Crippen LogP contribution in [0.15, 0.2) is 12.4 Å². The van der Waals surface area contributed by atoms with E-state index in [1.807, 2.05) is 0 Å². The van der Waals surface area contributed by atoms with Gasteiger partial charge in [0.05, 0.1) is 11.9 Å². The quantitative estimate of drug-likeness (QED) is 0.593. The third-order valence-corrected chi connectivity index (χ3v) is 2.40. The van der Waals surface area contributed by atoms with Crippen LogP contribution in [0.5, 0.6) is 0 Å². The Morgan fingerprint density at radius 2 is 2.31 bits per heavy atom. The molecule has 1 aliphatic carbocycles. The van der Waals surface area contributed by atoms with Crippen molar-refractivity contribution in [1.82, 2.24) is 15.5 Å². The van der Waals surface area contributed by atoms with Crippen molar-refractivity contribution in [1.29, 1.82) is 0 Å². The Morgan fingerprint density at radius 3 is 2.81 bits per heavy atom. The zero-order valence-electron chi connectivity index (χ0n) is 8.43. The van der Waals surface area contributed by atoms with Crippen molar-refractivity contribution in [3.63, 3.8) is 0 Å². The molecule has 4 N–H and O–H groups in total. The third-order valence-electron chi connectivity index (χ3n) is 2.40. The number of hydrogen-bond donors (Lipinski definition) is 4. The van der Waals surface area contributed by atoms with Crippen LogP contribution in [0.25, 0.3) is 0 Å². The molecule has 1 saturated carbocycles. The van der Waals surface area contributed by atoms with Crippen molar-refractivity contribution in [2.45, 2.75) is 18.9 Å². The number of aromatic amines is 1. The normalized spacial score (nSPS) is 16.5. The van der Waals surface area contributed by atoms with E-state index in [4.69, 9.17) is 5.11 Å². The molecular formula is C9H12N4O3. The van der Waals surface area contributed by atoms with Crippen LogP contribution < -0.4 is 10.6 Å².